The molecular weight excluding hydrogens is 460 g/mol. The quantitative estimate of drug-likeness (QED) is 0.669. The van der Waals surface area contributed by atoms with E-state index < -0.39 is 23.9 Å². The van der Waals surface area contributed by atoms with E-state index in [-0.39, 0.29) is 18.0 Å². The van der Waals surface area contributed by atoms with E-state index in [0.717, 1.165) is 73.9 Å². The van der Waals surface area contributed by atoms with Crippen LogP contribution in [0.5, 0.6) is 0 Å². The van der Waals surface area contributed by atoms with Crippen LogP contribution in [0.2, 0.25) is 0 Å². The number of aryl methyl sites for hydroxylation is 1. The average molecular weight is 497 g/mol. The molecule has 36 heavy (non-hydrogen) atoms. The van der Waals surface area contributed by atoms with Crippen molar-refractivity contribution in [1.29, 1.82) is 0 Å². The molecule has 194 valence electrons. The van der Waals surface area contributed by atoms with Crippen LogP contribution >= 0.6 is 0 Å². The topological polar surface area (TPSA) is 105 Å². The van der Waals surface area contributed by atoms with Crippen molar-refractivity contribution in [1.82, 2.24) is 14.5 Å². The number of hydrogen-bond donors (Lipinski definition) is 1. The number of likely N-dealkylation sites (tertiary alicyclic amines) is 1. The first-order valence-electron chi connectivity index (χ1n) is 13.2. The number of aromatic nitrogens is 2. The second kappa shape index (κ2) is 9.75. The number of carboxylic acid groups (broad SMARTS) is 1. The average Bonchev–Trinajstić information content (AvgIpc) is 3.55. The Morgan fingerprint density at radius 3 is 2.56 bits per heavy atom. The molecule has 1 aromatic heterocycles. The number of ether oxygens (including phenoxy) is 1. The van der Waals surface area contributed by atoms with Gasteiger partial charge in [0.2, 0.25) is 5.91 Å². The molecule has 0 radical (unpaired) electrons. The zero-order chi connectivity index (χ0) is 25.6. The van der Waals surface area contributed by atoms with Crippen molar-refractivity contribution in [3.8, 4) is 0 Å². The molecule has 5 rings (SSSR count). The summed E-state index contributed by atoms with van der Waals surface area (Å²) in [5.74, 6) is -0.808. The predicted molar refractivity (Wildman–Crippen MR) is 135 cm³/mol. The normalized spacial score (nSPS) is 25.0. The Bertz CT molecular complexity index is 1180. The summed E-state index contributed by atoms with van der Waals surface area (Å²) in [6.07, 6.45) is 6.10. The Labute approximate surface area is 211 Å². The van der Waals surface area contributed by atoms with Gasteiger partial charge in [0.1, 0.15) is 5.82 Å². The van der Waals surface area contributed by atoms with Crippen molar-refractivity contribution in [3.63, 3.8) is 0 Å². The Kier molecular flexibility index (Phi) is 6.66. The number of carbonyl (C=O) groups is 3. The zero-order valence-corrected chi connectivity index (χ0v) is 21.4. The molecule has 3 aliphatic rings. The molecule has 2 aromatic rings. The highest BCUT2D eigenvalue weighted by Crippen LogP contribution is 2.42. The molecule has 0 spiro atoms. The summed E-state index contributed by atoms with van der Waals surface area (Å²) >= 11 is 0. The minimum Gasteiger partial charge on any atom is -0.481 e. The number of nitrogens with zero attached hydrogens (tertiary/aromatic N) is 4. The van der Waals surface area contributed by atoms with Crippen molar-refractivity contribution in [3.05, 3.63) is 23.5 Å². The maximum Gasteiger partial charge on any atom is 0.414 e. The fraction of sp³-hybridized carbons (Fsp3) is 0.630. The summed E-state index contributed by atoms with van der Waals surface area (Å²) in [6, 6.07) is 3.91. The van der Waals surface area contributed by atoms with Crippen LogP contribution in [0.25, 0.3) is 11.0 Å². The second-order valence-electron chi connectivity index (χ2n) is 10.6. The van der Waals surface area contributed by atoms with Crippen LogP contribution in [0.3, 0.4) is 0 Å². The molecule has 1 unspecified atom stereocenters. The van der Waals surface area contributed by atoms with Crippen LogP contribution in [-0.2, 0) is 20.7 Å². The van der Waals surface area contributed by atoms with E-state index in [1.807, 2.05) is 30.9 Å². The standard InChI is InChI=1S/C27H36N4O5/c1-16-9-10-20-21(30(16)27(35)36-3)11-12-22-23(20)28-24(17(2)25(32)29-13-4-5-14-29)31(22)19-8-6-7-18(15-19)26(33)34/h11-12,16-19H,4-10,13-15H2,1-3H3,(H,33,34)/t16-,17?,18+,19+/m0/s1. The van der Waals surface area contributed by atoms with Gasteiger partial charge in [-0.1, -0.05) is 6.42 Å². The number of carbonyl (C=O) groups excluding carboxylic acids is 2. The number of imidazole rings is 1. The summed E-state index contributed by atoms with van der Waals surface area (Å²) in [5.41, 5.74) is 3.51. The Balaban J connectivity index is 1.65. The summed E-state index contributed by atoms with van der Waals surface area (Å²) < 4.78 is 7.23. The number of amides is 2. The van der Waals surface area contributed by atoms with Gasteiger partial charge in [-0.05, 0) is 70.9 Å². The first kappa shape index (κ1) is 24.6. The molecule has 9 nitrogen and oxygen atoms in total. The van der Waals surface area contributed by atoms with E-state index in [1.54, 1.807) is 4.90 Å². The molecule has 2 amide bonds. The maximum absolute atomic E-state index is 13.5. The molecule has 2 fully saturated rings. The van der Waals surface area contributed by atoms with Gasteiger partial charge >= 0.3 is 12.1 Å². The Morgan fingerprint density at radius 2 is 1.86 bits per heavy atom. The smallest absolute Gasteiger partial charge is 0.414 e. The lowest BCUT2D eigenvalue weighted by Crippen LogP contribution is -2.42. The Morgan fingerprint density at radius 1 is 1.11 bits per heavy atom. The van der Waals surface area contributed by atoms with Crippen LogP contribution in [0.15, 0.2) is 12.1 Å². The molecule has 1 saturated carbocycles. The third-order valence-electron chi connectivity index (χ3n) is 8.39. The van der Waals surface area contributed by atoms with Gasteiger partial charge in [-0.15, -0.1) is 0 Å². The molecule has 1 saturated heterocycles. The van der Waals surface area contributed by atoms with Gasteiger partial charge in [0.05, 0.1) is 35.7 Å². The molecule has 1 aliphatic carbocycles. The lowest BCUT2D eigenvalue weighted by Gasteiger charge is -2.34. The highest BCUT2D eigenvalue weighted by atomic mass is 16.5. The minimum absolute atomic E-state index is 0.00860. The van der Waals surface area contributed by atoms with E-state index in [1.165, 1.54) is 7.11 Å². The van der Waals surface area contributed by atoms with E-state index >= 15 is 0 Å². The zero-order valence-electron chi connectivity index (χ0n) is 21.4. The van der Waals surface area contributed by atoms with E-state index in [0.29, 0.717) is 18.7 Å². The number of carboxylic acids is 1. The Hall–Kier alpha value is -3.10. The fourth-order valence-electron chi connectivity index (χ4n) is 6.43. The molecule has 1 aromatic carbocycles. The predicted octanol–water partition coefficient (Wildman–Crippen LogP) is 4.49. The molecule has 1 N–H and O–H groups in total. The summed E-state index contributed by atoms with van der Waals surface area (Å²) in [7, 11) is 1.39. The first-order chi connectivity index (χ1) is 17.3. The maximum atomic E-state index is 13.5. The van der Waals surface area contributed by atoms with Crippen LogP contribution < -0.4 is 4.90 Å². The number of rotatable bonds is 4. The number of benzene rings is 1. The summed E-state index contributed by atoms with van der Waals surface area (Å²) in [5, 5.41) is 9.73. The molecule has 0 bridgehead atoms. The molecule has 3 heterocycles. The third-order valence-corrected chi connectivity index (χ3v) is 8.39. The van der Waals surface area contributed by atoms with E-state index in [9.17, 15) is 19.5 Å². The van der Waals surface area contributed by atoms with Crippen LogP contribution in [0.1, 0.15) is 82.1 Å². The van der Waals surface area contributed by atoms with Crippen molar-refractivity contribution in [2.75, 3.05) is 25.1 Å². The number of anilines is 1. The molecular formula is C27H36N4O5. The van der Waals surface area contributed by atoms with Crippen LogP contribution in [0.4, 0.5) is 10.5 Å². The molecule has 9 heteroatoms. The second-order valence-corrected chi connectivity index (χ2v) is 10.6. The highest BCUT2D eigenvalue weighted by molar-refractivity contribution is 5.96. The van der Waals surface area contributed by atoms with E-state index in [2.05, 4.69) is 4.57 Å². The van der Waals surface area contributed by atoms with Gasteiger partial charge in [-0.2, -0.15) is 0 Å². The monoisotopic (exact) mass is 496 g/mol. The lowest BCUT2D eigenvalue weighted by atomic mass is 9.85. The molecule has 4 atom stereocenters. The van der Waals surface area contributed by atoms with Crippen molar-refractivity contribution in [2.45, 2.75) is 83.2 Å². The van der Waals surface area contributed by atoms with Gasteiger partial charge in [-0.3, -0.25) is 14.5 Å². The number of hydrogen-bond acceptors (Lipinski definition) is 5. The van der Waals surface area contributed by atoms with Gasteiger partial charge in [0, 0.05) is 30.7 Å². The largest absolute Gasteiger partial charge is 0.481 e. The van der Waals surface area contributed by atoms with Gasteiger partial charge in [0.25, 0.3) is 0 Å². The van der Waals surface area contributed by atoms with Crippen molar-refractivity contribution >= 4 is 34.7 Å². The van der Waals surface area contributed by atoms with Crippen molar-refractivity contribution in [2.24, 2.45) is 5.92 Å². The first-order valence-corrected chi connectivity index (χ1v) is 13.2. The number of methoxy groups -OCH3 is 1. The van der Waals surface area contributed by atoms with E-state index in [4.69, 9.17) is 9.72 Å². The highest BCUT2D eigenvalue weighted by Gasteiger charge is 2.36. The van der Waals surface area contributed by atoms with Gasteiger partial charge in [-0.25, -0.2) is 9.78 Å². The summed E-state index contributed by atoms with van der Waals surface area (Å²) in [6.45, 7) is 5.48. The van der Waals surface area contributed by atoms with Crippen LogP contribution in [-0.4, -0.2) is 63.8 Å². The summed E-state index contributed by atoms with van der Waals surface area (Å²) in [4.78, 5) is 46.6. The van der Waals surface area contributed by atoms with Crippen molar-refractivity contribution < 1.29 is 24.2 Å². The lowest BCUT2D eigenvalue weighted by molar-refractivity contribution is -0.143. The number of aliphatic carboxylic acids is 1. The molecule has 2 aliphatic heterocycles. The SMILES string of the molecule is COC(=O)N1c2ccc3c(nc(C(C)C(=O)N4CCCC4)n3[C@@H]3CCC[C@@H](C(=O)O)C3)c2CC[C@@H]1C. The van der Waals surface area contributed by atoms with Gasteiger partial charge in [0.15, 0.2) is 0 Å². The van der Waals surface area contributed by atoms with Crippen LogP contribution in [0, 0.1) is 5.92 Å². The van der Waals surface area contributed by atoms with Gasteiger partial charge < -0.3 is 19.3 Å². The third kappa shape index (κ3) is 4.12. The minimum atomic E-state index is -0.757. The fourth-order valence-corrected chi connectivity index (χ4v) is 6.43. The number of fused-ring (bicyclic) bond motifs is 3.